The second-order valence-corrected chi connectivity index (χ2v) is 9.02. The molecule has 4 rings (SSSR count). The van der Waals surface area contributed by atoms with Crippen LogP contribution in [0.3, 0.4) is 0 Å². The zero-order chi connectivity index (χ0) is 27.3. The fraction of sp³-hybridized carbons (Fsp3) is 0.241. The Hall–Kier alpha value is -4.53. The second kappa shape index (κ2) is 11.2. The van der Waals surface area contributed by atoms with Gasteiger partial charge in [-0.25, -0.2) is 9.18 Å². The van der Waals surface area contributed by atoms with Crippen molar-refractivity contribution in [1.29, 1.82) is 0 Å². The summed E-state index contributed by atoms with van der Waals surface area (Å²) in [6.45, 7) is 1.51. The minimum Gasteiger partial charge on any atom is -0.496 e. The molecule has 0 aliphatic carbocycles. The first kappa shape index (κ1) is 26.5. The van der Waals surface area contributed by atoms with Crippen LogP contribution in [-0.4, -0.2) is 42.2 Å². The molecular formula is C29H28FN3O5. The molecule has 0 spiro atoms. The van der Waals surface area contributed by atoms with Crippen LogP contribution in [0.5, 0.6) is 5.75 Å². The van der Waals surface area contributed by atoms with E-state index in [9.17, 15) is 23.6 Å². The first-order chi connectivity index (χ1) is 18.3. The highest BCUT2D eigenvalue weighted by Gasteiger charge is 2.52. The lowest BCUT2D eigenvalue weighted by Gasteiger charge is -2.26. The molecule has 4 amide bonds. The Bertz CT molecular complexity index is 1360. The van der Waals surface area contributed by atoms with Crippen LogP contribution < -0.4 is 15.4 Å². The van der Waals surface area contributed by atoms with Crippen molar-refractivity contribution in [3.8, 4) is 5.75 Å². The van der Waals surface area contributed by atoms with Crippen molar-refractivity contribution in [2.24, 2.45) is 0 Å². The summed E-state index contributed by atoms with van der Waals surface area (Å²) in [4.78, 5) is 52.6. The quantitative estimate of drug-likeness (QED) is 0.306. The average molecular weight is 518 g/mol. The van der Waals surface area contributed by atoms with E-state index in [0.29, 0.717) is 35.4 Å². The molecule has 9 heteroatoms. The normalized spacial score (nSPS) is 16.8. The largest absolute Gasteiger partial charge is 0.496 e. The van der Waals surface area contributed by atoms with Crippen LogP contribution in [0.2, 0.25) is 0 Å². The molecule has 2 N–H and O–H groups in total. The number of carbonyl (C=O) groups is 4. The molecule has 1 fully saturated rings. The van der Waals surface area contributed by atoms with E-state index >= 15 is 0 Å². The van der Waals surface area contributed by atoms with Crippen LogP contribution in [0.25, 0.3) is 0 Å². The van der Waals surface area contributed by atoms with E-state index in [0.717, 1.165) is 4.90 Å². The molecular weight excluding hydrogens is 489 g/mol. The Balaban J connectivity index is 1.42. The van der Waals surface area contributed by atoms with Gasteiger partial charge in [0.1, 0.15) is 17.1 Å². The van der Waals surface area contributed by atoms with Crippen LogP contribution in [0, 0.1) is 5.82 Å². The molecule has 8 nitrogen and oxygen atoms in total. The van der Waals surface area contributed by atoms with Crippen molar-refractivity contribution in [2.45, 2.75) is 31.7 Å². The molecule has 3 aromatic carbocycles. The number of halogens is 1. The monoisotopic (exact) mass is 517 g/mol. The lowest BCUT2D eigenvalue weighted by molar-refractivity contribution is -0.131. The van der Waals surface area contributed by atoms with Crippen LogP contribution in [-0.2, 0) is 21.5 Å². The van der Waals surface area contributed by atoms with Gasteiger partial charge >= 0.3 is 6.03 Å². The molecule has 0 radical (unpaired) electrons. The van der Waals surface area contributed by atoms with Gasteiger partial charge in [0, 0.05) is 16.8 Å². The number of nitrogens with zero attached hydrogens (tertiary/aromatic N) is 1. The van der Waals surface area contributed by atoms with Gasteiger partial charge in [-0.05, 0) is 54.4 Å². The van der Waals surface area contributed by atoms with E-state index < -0.39 is 35.6 Å². The third-order valence-corrected chi connectivity index (χ3v) is 6.45. The summed E-state index contributed by atoms with van der Waals surface area (Å²) in [5.41, 5.74) is 0.587. The predicted molar refractivity (Wildman–Crippen MR) is 139 cm³/mol. The number of hydrogen-bond donors (Lipinski definition) is 2. The van der Waals surface area contributed by atoms with Crippen molar-refractivity contribution < 1.29 is 28.3 Å². The summed E-state index contributed by atoms with van der Waals surface area (Å²) >= 11 is 0. The fourth-order valence-corrected chi connectivity index (χ4v) is 4.61. The number of urea groups is 1. The molecule has 1 aliphatic rings. The van der Waals surface area contributed by atoms with Gasteiger partial charge in [-0.2, -0.15) is 0 Å². The van der Waals surface area contributed by atoms with Crippen LogP contribution in [0.1, 0.15) is 41.3 Å². The van der Waals surface area contributed by atoms with Gasteiger partial charge in [0.05, 0.1) is 20.1 Å². The molecule has 0 bridgehead atoms. The van der Waals surface area contributed by atoms with E-state index in [1.165, 1.54) is 37.4 Å². The summed E-state index contributed by atoms with van der Waals surface area (Å²) in [6.07, 6.45) is 0.957. The first-order valence-corrected chi connectivity index (χ1v) is 12.2. The Morgan fingerprint density at radius 2 is 1.74 bits per heavy atom. The number of benzene rings is 3. The van der Waals surface area contributed by atoms with Gasteiger partial charge < -0.3 is 15.4 Å². The highest BCUT2D eigenvalue weighted by Crippen LogP contribution is 2.33. The molecule has 3 aromatic rings. The van der Waals surface area contributed by atoms with Gasteiger partial charge in [-0.3, -0.25) is 19.3 Å². The predicted octanol–water partition coefficient (Wildman–Crippen LogP) is 4.45. The van der Waals surface area contributed by atoms with Crippen LogP contribution >= 0.6 is 0 Å². The first-order valence-electron chi connectivity index (χ1n) is 12.2. The number of ether oxygens (including phenoxy) is 1. The van der Waals surface area contributed by atoms with Crippen LogP contribution in [0.4, 0.5) is 14.9 Å². The molecule has 1 unspecified atom stereocenters. The Morgan fingerprint density at radius 1 is 1.03 bits per heavy atom. The summed E-state index contributed by atoms with van der Waals surface area (Å²) in [5.74, 6) is -1.34. The number of rotatable bonds is 10. The van der Waals surface area contributed by atoms with Gasteiger partial charge in [0.2, 0.25) is 5.91 Å². The van der Waals surface area contributed by atoms with Gasteiger partial charge in [0.15, 0.2) is 5.78 Å². The van der Waals surface area contributed by atoms with Crippen LogP contribution in [0.15, 0.2) is 72.8 Å². The van der Waals surface area contributed by atoms with E-state index in [2.05, 4.69) is 10.6 Å². The van der Waals surface area contributed by atoms with Crippen molar-refractivity contribution in [3.63, 3.8) is 0 Å². The molecule has 38 heavy (non-hydrogen) atoms. The van der Waals surface area contributed by atoms with Gasteiger partial charge in [-0.1, -0.05) is 43.7 Å². The number of nitrogens with one attached hydrogen (secondary N) is 2. The number of carbonyl (C=O) groups excluding carboxylic acids is 4. The molecule has 1 atom stereocenters. The Morgan fingerprint density at radius 3 is 2.39 bits per heavy atom. The van der Waals surface area contributed by atoms with Crippen molar-refractivity contribution in [2.75, 3.05) is 19.0 Å². The summed E-state index contributed by atoms with van der Waals surface area (Å²) < 4.78 is 18.7. The Labute approximate surface area is 219 Å². The zero-order valence-corrected chi connectivity index (χ0v) is 21.1. The third-order valence-electron chi connectivity index (χ3n) is 6.45. The lowest BCUT2D eigenvalue weighted by Crippen LogP contribution is -2.44. The summed E-state index contributed by atoms with van der Waals surface area (Å²) in [6, 6.07) is 18.5. The molecule has 1 saturated heterocycles. The van der Waals surface area contributed by atoms with Crippen molar-refractivity contribution in [3.05, 3.63) is 95.3 Å². The molecule has 1 aliphatic heterocycles. The second-order valence-electron chi connectivity index (χ2n) is 9.02. The standard InChI is InChI=1S/C29H28FN3O5/c1-3-15-29(21-7-5-4-6-8-21)27(36)33(28(37)32-29)18-24(34)19-9-12-23(13-10-19)31-26(35)17-20-16-22(30)11-14-25(20)38-2/h4-14,16H,3,15,17-18H2,1-2H3,(H,31,35)(H,32,37). The maximum Gasteiger partial charge on any atom is 0.325 e. The highest BCUT2D eigenvalue weighted by atomic mass is 19.1. The van der Waals surface area contributed by atoms with Gasteiger partial charge in [0.25, 0.3) is 5.91 Å². The lowest BCUT2D eigenvalue weighted by atomic mass is 9.85. The minimum atomic E-state index is -1.20. The zero-order valence-electron chi connectivity index (χ0n) is 21.1. The number of methoxy groups -OCH3 is 1. The fourth-order valence-electron chi connectivity index (χ4n) is 4.61. The van der Waals surface area contributed by atoms with E-state index in [1.807, 2.05) is 13.0 Å². The number of Topliss-reactive ketones (excluding diaryl/α,β-unsaturated/α-hetero) is 1. The topological polar surface area (TPSA) is 105 Å². The van der Waals surface area contributed by atoms with Gasteiger partial charge in [-0.15, -0.1) is 0 Å². The average Bonchev–Trinajstić information content (AvgIpc) is 3.15. The molecule has 196 valence electrons. The van der Waals surface area contributed by atoms with Crippen molar-refractivity contribution >= 4 is 29.3 Å². The number of imide groups is 1. The number of anilines is 1. The molecule has 0 aromatic heterocycles. The minimum absolute atomic E-state index is 0.102. The smallest absolute Gasteiger partial charge is 0.325 e. The third kappa shape index (κ3) is 5.41. The number of amides is 4. The number of hydrogen-bond acceptors (Lipinski definition) is 5. The van der Waals surface area contributed by atoms with E-state index in [4.69, 9.17) is 4.74 Å². The Kier molecular flexibility index (Phi) is 7.85. The SMILES string of the molecule is CCCC1(c2ccccc2)NC(=O)N(CC(=O)c2ccc(NC(=O)Cc3cc(F)ccc3OC)cc2)C1=O. The maximum absolute atomic E-state index is 13.6. The molecule has 1 heterocycles. The molecule has 0 saturated carbocycles. The van der Waals surface area contributed by atoms with Crippen molar-refractivity contribution in [1.82, 2.24) is 10.2 Å². The van der Waals surface area contributed by atoms with E-state index in [1.54, 1.807) is 36.4 Å². The maximum atomic E-state index is 13.6. The highest BCUT2D eigenvalue weighted by molar-refractivity contribution is 6.11. The van der Waals surface area contributed by atoms with E-state index in [-0.39, 0.29) is 17.9 Å². The summed E-state index contributed by atoms with van der Waals surface area (Å²) in [7, 11) is 1.44. The summed E-state index contributed by atoms with van der Waals surface area (Å²) in [5, 5.41) is 5.51. The number of ketones is 1.